The molecule has 0 aromatic heterocycles. The van der Waals surface area contributed by atoms with Crippen LogP contribution in [-0.4, -0.2) is 49.9 Å². The fraction of sp³-hybridized carbons (Fsp3) is 0.520. The van der Waals surface area contributed by atoms with E-state index in [2.05, 4.69) is 23.7 Å². The van der Waals surface area contributed by atoms with E-state index in [0.29, 0.717) is 43.3 Å². The van der Waals surface area contributed by atoms with Gasteiger partial charge in [0.05, 0.1) is 23.3 Å². The van der Waals surface area contributed by atoms with Crippen LogP contribution in [0.4, 0.5) is 5.69 Å². The first kappa shape index (κ1) is 24.5. The van der Waals surface area contributed by atoms with Crippen molar-refractivity contribution in [2.45, 2.75) is 46.5 Å². The van der Waals surface area contributed by atoms with Crippen molar-refractivity contribution >= 4 is 26.9 Å². The lowest BCUT2D eigenvalue weighted by Gasteiger charge is -2.31. The highest BCUT2D eigenvalue weighted by atomic mass is 32.2. The van der Waals surface area contributed by atoms with Gasteiger partial charge in [-0.3, -0.25) is 9.55 Å². The van der Waals surface area contributed by atoms with Crippen molar-refractivity contribution in [3.05, 3.63) is 35.2 Å². The van der Waals surface area contributed by atoms with Crippen LogP contribution in [0, 0.1) is 12.8 Å². The lowest BCUT2D eigenvalue weighted by Crippen LogP contribution is -2.33. The summed E-state index contributed by atoms with van der Waals surface area (Å²) in [5, 5.41) is 0.792. The van der Waals surface area contributed by atoms with Crippen molar-refractivity contribution in [2.24, 2.45) is 10.9 Å². The summed E-state index contributed by atoms with van der Waals surface area (Å²) >= 11 is 0. The minimum Gasteiger partial charge on any atom is -0.489 e. The van der Waals surface area contributed by atoms with Crippen LogP contribution in [0.3, 0.4) is 0 Å². The molecule has 34 heavy (non-hydrogen) atoms. The Morgan fingerprint density at radius 2 is 2.00 bits per heavy atom. The molecule has 4 rings (SSSR count). The van der Waals surface area contributed by atoms with Gasteiger partial charge >= 0.3 is 0 Å². The van der Waals surface area contributed by atoms with E-state index in [1.807, 2.05) is 31.2 Å². The van der Waals surface area contributed by atoms with Crippen molar-refractivity contribution in [2.75, 3.05) is 36.9 Å². The van der Waals surface area contributed by atoms with Crippen molar-refractivity contribution in [1.82, 2.24) is 4.98 Å². The Morgan fingerprint density at radius 1 is 1.18 bits per heavy atom. The highest BCUT2D eigenvalue weighted by Gasteiger charge is 2.21. The van der Waals surface area contributed by atoms with Crippen LogP contribution >= 0.6 is 0 Å². The molecule has 1 aromatic carbocycles. The summed E-state index contributed by atoms with van der Waals surface area (Å²) in [6.07, 6.45) is 3.27. The summed E-state index contributed by atoms with van der Waals surface area (Å²) in [5.74, 6) is 1.94. The van der Waals surface area contributed by atoms with Gasteiger partial charge in [-0.25, -0.2) is 4.98 Å². The van der Waals surface area contributed by atoms with E-state index in [1.165, 1.54) is 6.42 Å². The van der Waals surface area contributed by atoms with E-state index < -0.39 is 10.1 Å². The Bertz CT molecular complexity index is 1300. The first-order valence-corrected chi connectivity index (χ1v) is 13.5. The minimum absolute atomic E-state index is 0.243. The van der Waals surface area contributed by atoms with E-state index in [9.17, 15) is 8.42 Å². The van der Waals surface area contributed by atoms with E-state index >= 15 is 0 Å². The van der Waals surface area contributed by atoms with Crippen LogP contribution in [-0.2, 0) is 10.1 Å². The molecule has 184 valence electrons. The van der Waals surface area contributed by atoms with Crippen molar-refractivity contribution < 1.29 is 22.1 Å². The normalized spacial score (nSPS) is 14.7. The average molecular weight is 488 g/mol. The second-order valence-electron chi connectivity index (χ2n) is 9.35. The molecule has 1 N–H and O–H groups in total. The van der Waals surface area contributed by atoms with Crippen LogP contribution in [0.1, 0.15) is 45.1 Å². The van der Waals surface area contributed by atoms with E-state index in [1.54, 1.807) is 0 Å². The zero-order chi connectivity index (χ0) is 24.3. The largest absolute Gasteiger partial charge is 0.489 e. The lowest BCUT2D eigenvalue weighted by atomic mass is 10.1. The summed E-state index contributed by atoms with van der Waals surface area (Å²) in [6, 6.07) is 7.83. The number of rotatable bonds is 9. The lowest BCUT2D eigenvalue weighted by molar-refractivity contribution is 0.306. The van der Waals surface area contributed by atoms with Gasteiger partial charge in [-0.2, -0.15) is 8.42 Å². The topological polar surface area (TPSA) is 105 Å². The number of fused-ring (bicyclic) bond motifs is 3. The molecule has 1 aliphatic carbocycles. The summed E-state index contributed by atoms with van der Waals surface area (Å²) in [7, 11) is -3.92. The van der Waals surface area contributed by atoms with Crippen LogP contribution in [0.5, 0.6) is 5.75 Å². The molecule has 0 atom stereocenters. The standard InChI is InChI=1S/C25H33N3O5S/c1-17(2)7-6-9-28-10-11-32-25-15-21-24(16-22(25)28)33-23-14-19(18(3)13-20(23)27-21)26-8-4-5-12-34(29,30)31/h13-17H,4-12H2,1-3H3,(H,29,30,31)/b26-19-. The second-order valence-corrected chi connectivity index (χ2v) is 10.9. The van der Waals surface area contributed by atoms with Crippen LogP contribution in [0.15, 0.2) is 33.7 Å². The number of hydrogen-bond acceptors (Lipinski definition) is 7. The molecule has 3 aliphatic rings. The van der Waals surface area contributed by atoms with Gasteiger partial charge in [0.15, 0.2) is 11.3 Å². The van der Waals surface area contributed by atoms with Gasteiger partial charge in [0.2, 0.25) is 0 Å². The molecule has 0 unspecified atom stereocenters. The third kappa shape index (κ3) is 6.07. The summed E-state index contributed by atoms with van der Waals surface area (Å²) in [6.45, 7) is 9.44. The summed E-state index contributed by atoms with van der Waals surface area (Å²) < 4.78 is 42.8. The Morgan fingerprint density at radius 3 is 2.76 bits per heavy atom. The van der Waals surface area contributed by atoms with Crippen LogP contribution < -0.4 is 15.0 Å². The average Bonchev–Trinajstić information content (AvgIpc) is 2.76. The maximum Gasteiger partial charge on any atom is 0.264 e. The van der Waals surface area contributed by atoms with Crippen molar-refractivity contribution in [3.63, 3.8) is 0 Å². The van der Waals surface area contributed by atoms with Crippen LogP contribution in [0.2, 0.25) is 0 Å². The molecule has 0 fully saturated rings. The van der Waals surface area contributed by atoms with Gasteiger partial charge in [0.1, 0.15) is 23.6 Å². The molecular weight excluding hydrogens is 454 g/mol. The Hall–Kier alpha value is -2.65. The number of anilines is 1. The molecule has 0 spiro atoms. The number of unbranched alkanes of at least 4 members (excludes halogenated alkanes) is 1. The zero-order valence-electron chi connectivity index (χ0n) is 20.1. The molecule has 0 saturated carbocycles. The van der Waals surface area contributed by atoms with Gasteiger partial charge in [-0.1, -0.05) is 13.8 Å². The first-order chi connectivity index (χ1) is 16.2. The maximum atomic E-state index is 10.9. The number of nitrogens with zero attached hydrogens (tertiary/aromatic N) is 3. The SMILES string of the molecule is Cc1cc2nc3cc4c(cc3oc-2c/c1=N/CCCCS(=O)(=O)O)N(CCCC(C)C)CCO4. The number of ether oxygens (including phenoxy) is 1. The Balaban J connectivity index is 1.61. The monoisotopic (exact) mass is 487 g/mol. The van der Waals surface area contributed by atoms with E-state index in [0.717, 1.165) is 53.1 Å². The molecule has 8 nitrogen and oxygen atoms in total. The number of aryl methyl sites for hydroxylation is 1. The van der Waals surface area contributed by atoms with Gasteiger partial charge < -0.3 is 14.1 Å². The van der Waals surface area contributed by atoms with E-state index in [4.69, 9.17) is 18.7 Å². The van der Waals surface area contributed by atoms with E-state index in [-0.39, 0.29) is 5.75 Å². The summed E-state index contributed by atoms with van der Waals surface area (Å²) in [5.41, 5.74) is 4.22. The predicted octanol–water partition coefficient (Wildman–Crippen LogP) is 4.44. The summed E-state index contributed by atoms with van der Waals surface area (Å²) in [4.78, 5) is 11.8. The third-order valence-electron chi connectivity index (χ3n) is 6.04. The molecule has 0 bridgehead atoms. The number of aromatic nitrogens is 1. The smallest absolute Gasteiger partial charge is 0.264 e. The predicted molar refractivity (Wildman–Crippen MR) is 133 cm³/mol. The van der Waals surface area contributed by atoms with Crippen LogP contribution in [0.25, 0.3) is 22.6 Å². The van der Waals surface area contributed by atoms with Gasteiger partial charge in [-0.05, 0) is 50.2 Å². The molecule has 0 amide bonds. The molecule has 0 radical (unpaired) electrons. The van der Waals surface area contributed by atoms with Gasteiger partial charge in [0.25, 0.3) is 10.1 Å². The fourth-order valence-electron chi connectivity index (χ4n) is 4.22. The molecule has 2 heterocycles. The van der Waals surface area contributed by atoms with Gasteiger partial charge in [-0.15, -0.1) is 0 Å². The highest BCUT2D eigenvalue weighted by molar-refractivity contribution is 7.85. The zero-order valence-corrected chi connectivity index (χ0v) is 20.9. The molecule has 1 aromatic rings. The first-order valence-electron chi connectivity index (χ1n) is 11.9. The fourth-order valence-corrected chi connectivity index (χ4v) is 4.79. The van der Waals surface area contributed by atoms with Crippen molar-refractivity contribution in [3.8, 4) is 17.2 Å². The number of hydrogen-bond donors (Lipinski definition) is 1. The Labute approximate surface area is 200 Å². The Kier molecular flexibility index (Phi) is 7.42. The maximum absolute atomic E-state index is 10.9. The second kappa shape index (κ2) is 10.3. The quantitative estimate of drug-likeness (QED) is 0.270. The molecule has 2 aliphatic heterocycles. The molecule has 0 saturated heterocycles. The molecule has 9 heteroatoms. The number of benzene rings is 2. The van der Waals surface area contributed by atoms with Crippen molar-refractivity contribution in [1.29, 1.82) is 0 Å². The van der Waals surface area contributed by atoms with Gasteiger partial charge in [0, 0.05) is 31.3 Å². The third-order valence-corrected chi connectivity index (χ3v) is 6.84. The molecular formula is C25H33N3O5S. The minimum atomic E-state index is -3.92. The highest BCUT2D eigenvalue weighted by Crippen LogP contribution is 2.37.